The van der Waals surface area contributed by atoms with E-state index < -0.39 is 35.6 Å². The summed E-state index contributed by atoms with van der Waals surface area (Å²) in [6.45, 7) is 1.40. The van der Waals surface area contributed by atoms with Crippen molar-refractivity contribution in [3.63, 3.8) is 0 Å². The van der Waals surface area contributed by atoms with Crippen LogP contribution in [0.15, 0.2) is 20.9 Å². The second-order valence-electron chi connectivity index (χ2n) is 4.93. The molecule has 0 radical (unpaired) electrons. The first-order chi connectivity index (χ1) is 11.0. The number of rotatable bonds is 5. The van der Waals surface area contributed by atoms with Crippen LogP contribution in [-0.2, 0) is 14.3 Å². The van der Waals surface area contributed by atoms with Crippen LogP contribution in [0, 0.1) is 6.92 Å². The first-order valence-corrected chi connectivity index (χ1v) is 7.23. The fraction of sp³-hybridized carbons (Fsp3) is 0.583. The molecule has 23 heavy (non-hydrogen) atoms. The van der Waals surface area contributed by atoms with Gasteiger partial charge in [0.15, 0.2) is 0 Å². The van der Waals surface area contributed by atoms with Crippen molar-refractivity contribution in [1.82, 2.24) is 9.55 Å². The maximum atomic E-state index is 11.9. The largest absolute Gasteiger partial charge is 0.462 e. The highest BCUT2D eigenvalue weighted by molar-refractivity contribution is 6.26. The number of nitrogens with zero attached hydrogens (tertiary/aromatic N) is 4. The van der Waals surface area contributed by atoms with Gasteiger partial charge in [-0.25, -0.2) is 4.79 Å². The molecule has 1 aromatic rings. The highest BCUT2D eigenvalue weighted by Crippen LogP contribution is 2.30. The normalized spacial score (nSPS) is 23.3. The average Bonchev–Trinajstić information content (AvgIpc) is 2.91. The number of H-pyrrole nitrogens is 1. The Hall–Kier alpha value is -2.29. The Morgan fingerprint density at radius 2 is 2.39 bits per heavy atom. The van der Waals surface area contributed by atoms with Crippen molar-refractivity contribution < 1.29 is 14.3 Å². The molecular formula is C12H14ClN5O5. The van der Waals surface area contributed by atoms with Crippen LogP contribution in [0.2, 0.25) is 0 Å². The van der Waals surface area contributed by atoms with E-state index in [0.717, 1.165) is 0 Å². The number of nitrogens with one attached hydrogen (secondary N) is 1. The second-order valence-corrected chi connectivity index (χ2v) is 5.20. The van der Waals surface area contributed by atoms with Gasteiger partial charge in [0.25, 0.3) is 5.56 Å². The fourth-order valence-corrected chi connectivity index (χ4v) is 2.31. The third-order valence-corrected chi connectivity index (χ3v) is 3.60. The second kappa shape index (κ2) is 7.32. The molecule has 2 rings (SSSR count). The van der Waals surface area contributed by atoms with Crippen molar-refractivity contribution >= 4 is 17.6 Å². The maximum absolute atomic E-state index is 11.9. The molecule has 2 heterocycles. The molecule has 1 aliphatic heterocycles. The number of carbonyl (C=O) groups is 1. The molecular weight excluding hydrogens is 330 g/mol. The van der Waals surface area contributed by atoms with Gasteiger partial charge >= 0.3 is 11.7 Å². The van der Waals surface area contributed by atoms with Crippen LogP contribution in [0.3, 0.4) is 0 Å². The molecule has 0 spiro atoms. The number of hydrogen-bond donors (Lipinski definition) is 1. The molecule has 1 saturated heterocycles. The van der Waals surface area contributed by atoms with Gasteiger partial charge in [-0.15, -0.1) is 11.6 Å². The van der Waals surface area contributed by atoms with Gasteiger partial charge in [-0.05, 0) is 12.5 Å². The summed E-state index contributed by atoms with van der Waals surface area (Å²) in [4.78, 5) is 39.3. The van der Waals surface area contributed by atoms with E-state index >= 15 is 0 Å². The van der Waals surface area contributed by atoms with Crippen LogP contribution in [0.4, 0.5) is 0 Å². The molecule has 11 heteroatoms. The summed E-state index contributed by atoms with van der Waals surface area (Å²) >= 11 is 5.34. The summed E-state index contributed by atoms with van der Waals surface area (Å²) in [6.07, 6.45) is 0.125. The van der Waals surface area contributed by atoms with Gasteiger partial charge in [0.1, 0.15) is 24.8 Å². The number of aromatic nitrogens is 2. The van der Waals surface area contributed by atoms with E-state index in [1.807, 2.05) is 0 Å². The van der Waals surface area contributed by atoms with E-state index in [1.165, 1.54) is 10.8 Å². The standard InChI is InChI=1S/C12H14ClN5O5/c1-6-4-18(12(21)15-11(6)20)9-2-7(16-17-14)8(23-9)5-22-10(19)3-13/h4,7-9H,2-3,5H2,1H3,(H,15,20,21)/t7-,8+,9+/m0/s1. The highest BCUT2D eigenvalue weighted by Gasteiger charge is 2.37. The van der Waals surface area contributed by atoms with Gasteiger partial charge in [-0.2, -0.15) is 0 Å². The number of ether oxygens (including phenoxy) is 2. The van der Waals surface area contributed by atoms with Gasteiger partial charge < -0.3 is 9.47 Å². The monoisotopic (exact) mass is 343 g/mol. The Bertz CT molecular complexity index is 753. The van der Waals surface area contributed by atoms with Gasteiger partial charge in [-0.3, -0.25) is 19.1 Å². The van der Waals surface area contributed by atoms with Crippen LogP contribution >= 0.6 is 11.6 Å². The Morgan fingerprint density at radius 1 is 1.65 bits per heavy atom. The number of aromatic amines is 1. The molecule has 124 valence electrons. The van der Waals surface area contributed by atoms with E-state index in [9.17, 15) is 14.4 Å². The van der Waals surface area contributed by atoms with Gasteiger partial charge in [0.2, 0.25) is 0 Å². The lowest BCUT2D eigenvalue weighted by Crippen LogP contribution is -2.33. The molecule has 0 aromatic carbocycles. The third kappa shape index (κ3) is 3.92. The zero-order valence-electron chi connectivity index (χ0n) is 12.1. The predicted octanol–water partition coefficient (Wildman–Crippen LogP) is 0.593. The average molecular weight is 344 g/mol. The lowest BCUT2D eigenvalue weighted by atomic mass is 10.1. The summed E-state index contributed by atoms with van der Waals surface area (Å²) in [7, 11) is 0. The van der Waals surface area contributed by atoms with Crippen molar-refractivity contribution in [2.45, 2.75) is 31.7 Å². The van der Waals surface area contributed by atoms with Crippen LogP contribution in [-0.4, -0.2) is 40.2 Å². The van der Waals surface area contributed by atoms with Crippen molar-refractivity contribution in [2.75, 3.05) is 12.5 Å². The number of esters is 1. The zero-order valence-corrected chi connectivity index (χ0v) is 12.9. The smallest absolute Gasteiger partial charge is 0.330 e. The topological polar surface area (TPSA) is 139 Å². The molecule has 1 N–H and O–H groups in total. The number of carbonyl (C=O) groups excluding carboxylic acids is 1. The molecule has 0 aliphatic carbocycles. The van der Waals surface area contributed by atoms with E-state index in [4.69, 9.17) is 26.6 Å². The molecule has 1 fully saturated rings. The molecule has 1 aromatic heterocycles. The van der Waals surface area contributed by atoms with Gasteiger partial charge in [-0.1, -0.05) is 5.11 Å². The third-order valence-electron chi connectivity index (χ3n) is 3.38. The lowest BCUT2D eigenvalue weighted by molar-refractivity contribution is -0.145. The molecule has 0 amide bonds. The molecule has 1 aliphatic rings. The van der Waals surface area contributed by atoms with E-state index in [-0.39, 0.29) is 18.9 Å². The van der Waals surface area contributed by atoms with Gasteiger partial charge in [0.05, 0.1) is 6.04 Å². The van der Waals surface area contributed by atoms with Gasteiger partial charge in [0, 0.05) is 23.1 Å². The van der Waals surface area contributed by atoms with Crippen molar-refractivity contribution in [2.24, 2.45) is 5.11 Å². The first kappa shape index (κ1) is 17.1. The number of aryl methyl sites for hydroxylation is 1. The molecule has 0 unspecified atom stereocenters. The minimum absolute atomic E-state index is 0.150. The number of azide groups is 1. The summed E-state index contributed by atoms with van der Waals surface area (Å²) in [5.41, 5.74) is 7.84. The van der Waals surface area contributed by atoms with E-state index in [2.05, 4.69) is 15.0 Å². The summed E-state index contributed by atoms with van der Waals surface area (Å²) in [5.74, 6) is -0.934. The summed E-state index contributed by atoms with van der Waals surface area (Å²) in [5, 5.41) is 3.60. The lowest BCUT2D eigenvalue weighted by Gasteiger charge is -2.16. The Kier molecular flexibility index (Phi) is 5.43. The number of hydrogen-bond acceptors (Lipinski definition) is 6. The van der Waals surface area contributed by atoms with Crippen LogP contribution in [0.5, 0.6) is 0 Å². The van der Waals surface area contributed by atoms with Crippen LogP contribution in [0.1, 0.15) is 18.2 Å². The zero-order chi connectivity index (χ0) is 17.0. The van der Waals surface area contributed by atoms with Crippen LogP contribution in [0.25, 0.3) is 10.4 Å². The predicted molar refractivity (Wildman–Crippen MR) is 79.2 cm³/mol. The van der Waals surface area contributed by atoms with Crippen molar-refractivity contribution in [3.8, 4) is 0 Å². The van der Waals surface area contributed by atoms with E-state index in [0.29, 0.717) is 5.56 Å². The summed E-state index contributed by atoms with van der Waals surface area (Å²) < 4.78 is 11.7. The Labute approximate surface area is 134 Å². The van der Waals surface area contributed by atoms with E-state index in [1.54, 1.807) is 6.92 Å². The number of halogens is 1. The SMILES string of the molecule is Cc1cn([C@H]2C[C@H](N=[N+]=[N-])[C@@H](COC(=O)CCl)O2)c(=O)[nH]c1=O. The minimum Gasteiger partial charge on any atom is -0.462 e. The molecule has 0 saturated carbocycles. The molecule has 0 bridgehead atoms. The fourth-order valence-electron chi connectivity index (χ4n) is 2.24. The Morgan fingerprint density at radius 3 is 3.04 bits per heavy atom. The van der Waals surface area contributed by atoms with Crippen molar-refractivity contribution in [3.05, 3.63) is 43.0 Å². The molecule has 10 nitrogen and oxygen atoms in total. The van der Waals surface area contributed by atoms with Crippen LogP contribution < -0.4 is 11.2 Å². The summed E-state index contributed by atoms with van der Waals surface area (Å²) in [6, 6.07) is -0.618. The molecule has 3 atom stereocenters. The van der Waals surface area contributed by atoms with Crippen molar-refractivity contribution in [1.29, 1.82) is 0 Å². The maximum Gasteiger partial charge on any atom is 0.330 e. The Balaban J connectivity index is 2.21. The number of alkyl halides is 1. The minimum atomic E-state index is -0.742. The quantitative estimate of drug-likeness (QED) is 0.274. The highest BCUT2D eigenvalue weighted by atomic mass is 35.5. The first-order valence-electron chi connectivity index (χ1n) is 6.69.